The maximum Gasteiger partial charge on any atom is 0.211 e. The number of methoxy groups -OCH3 is 1. The molecule has 1 aliphatic heterocycles. The topological polar surface area (TPSA) is 67.4 Å². The third-order valence-electron chi connectivity index (χ3n) is 2.68. The first-order valence-electron chi connectivity index (χ1n) is 5.73. The van der Waals surface area contributed by atoms with Crippen LogP contribution in [0.4, 0.5) is 0 Å². The lowest BCUT2D eigenvalue weighted by atomic mass is 9.99. The zero-order valence-corrected chi connectivity index (χ0v) is 10.8. The van der Waals surface area contributed by atoms with Gasteiger partial charge in [0.15, 0.2) is 0 Å². The molecule has 6 heteroatoms. The van der Waals surface area contributed by atoms with Crippen LogP contribution in [0.15, 0.2) is 0 Å². The van der Waals surface area contributed by atoms with Crippen LogP contribution in [0.25, 0.3) is 0 Å². The van der Waals surface area contributed by atoms with Crippen LogP contribution in [0.2, 0.25) is 0 Å². The van der Waals surface area contributed by atoms with E-state index in [1.165, 1.54) is 0 Å². The Bertz CT molecular complexity index is 292. The lowest BCUT2D eigenvalue weighted by molar-refractivity contribution is 0.199. The molecule has 16 heavy (non-hydrogen) atoms. The quantitative estimate of drug-likeness (QED) is 0.648. The Kier molecular flexibility index (Phi) is 5.68. The van der Waals surface area contributed by atoms with Crippen molar-refractivity contribution in [1.29, 1.82) is 0 Å². The average Bonchev–Trinajstić information content (AvgIpc) is 2.17. The molecule has 2 N–H and O–H groups in total. The van der Waals surface area contributed by atoms with Crippen molar-refractivity contribution in [3.8, 4) is 0 Å². The molecule has 2 unspecified atom stereocenters. The monoisotopic (exact) mass is 250 g/mol. The minimum absolute atomic E-state index is 0.0382. The molecule has 1 heterocycles. The van der Waals surface area contributed by atoms with Gasteiger partial charge in [-0.2, -0.15) is 0 Å². The molecule has 1 saturated heterocycles. The molecule has 0 radical (unpaired) electrons. The maximum atomic E-state index is 11.7. The van der Waals surface area contributed by atoms with Crippen LogP contribution in [0, 0.1) is 5.92 Å². The molecule has 0 aromatic carbocycles. The van der Waals surface area contributed by atoms with Gasteiger partial charge in [-0.15, -0.1) is 0 Å². The molecular weight excluding hydrogens is 228 g/mol. The number of nitrogens with one attached hydrogen (secondary N) is 2. The molecule has 0 bridgehead atoms. The van der Waals surface area contributed by atoms with Gasteiger partial charge in [-0.3, -0.25) is 0 Å². The van der Waals surface area contributed by atoms with Crippen molar-refractivity contribution in [3.05, 3.63) is 0 Å². The second-order valence-electron chi connectivity index (χ2n) is 4.48. The summed E-state index contributed by atoms with van der Waals surface area (Å²) in [5, 5.41) is 3.22. The first-order chi connectivity index (χ1) is 7.53. The van der Waals surface area contributed by atoms with E-state index in [4.69, 9.17) is 4.74 Å². The normalized spacial score (nSPS) is 26.9. The van der Waals surface area contributed by atoms with Gasteiger partial charge in [0.05, 0.1) is 5.75 Å². The second-order valence-corrected chi connectivity index (χ2v) is 6.35. The summed E-state index contributed by atoms with van der Waals surface area (Å²) in [6, 6.07) is 0.0382. The first-order valence-corrected chi connectivity index (χ1v) is 7.38. The first kappa shape index (κ1) is 13.9. The summed E-state index contributed by atoms with van der Waals surface area (Å²) in [4.78, 5) is 0. The summed E-state index contributed by atoms with van der Waals surface area (Å²) in [5.41, 5.74) is 0. The SMILES string of the molecule is COCCCS(=O)(=O)NC1CNCC(C)C1. The number of rotatable bonds is 6. The molecule has 5 nitrogen and oxygen atoms in total. The molecule has 0 aromatic rings. The zero-order chi connectivity index (χ0) is 12.0. The van der Waals surface area contributed by atoms with Gasteiger partial charge in [-0.1, -0.05) is 6.92 Å². The van der Waals surface area contributed by atoms with Crippen molar-refractivity contribution < 1.29 is 13.2 Å². The third kappa shape index (κ3) is 5.25. The summed E-state index contributed by atoms with van der Waals surface area (Å²) in [6.45, 7) is 4.31. The predicted octanol–water partition coefficient (Wildman–Crippen LogP) is -0.0597. The van der Waals surface area contributed by atoms with Crippen molar-refractivity contribution in [1.82, 2.24) is 10.0 Å². The van der Waals surface area contributed by atoms with Gasteiger partial charge in [0.2, 0.25) is 10.0 Å². The zero-order valence-electron chi connectivity index (χ0n) is 10.0. The highest BCUT2D eigenvalue weighted by Crippen LogP contribution is 2.10. The minimum Gasteiger partial charge on any atom is -0.385 e. The van der Waals surface area contributed by atoms with E-state index in [0.717, 1.165) is 19.5 Å². The third-order valence-corrected chi connectivity index (χ3v) is 4.20. The largest absolute Gasteiger partial charge is 0.385 e. The summed E-state index contributed by atoms with van der Waals surface area (Å²) in [5.74, 6) is 0.673. The number of hydrogen-bond acceptors (Lipinski definition) is 4. The highest BCUT2D eigenvalue weighted by molar-refractivity contribution is 7.89. The van der Waals surface area contributed by atoms with Gasteiger partial charge in [0.25, 0.3) is 0 Å². The summed E-state index contributed by atoms with van der Waals surface area (Å²) >= 11 is 0. The second kappa shape index (κ2) is 6.54. The predicted molar refractivity (Wildman–Crippen MR) is 63.9 cm³/mol. The van der Waals surface area contributed by atoms with E-state index in [0.29, 0.717) is 18.9 Å². The number of sulfonamides is 1. The molecular formula is C10H22N2O3S. The molecule has 0 saturated carbocycles. The van der Waals surface area contributed by atoms with E-state index >= 15 is 0 Å². The molecule has 96 valence electrons. The Balaban J connectivity index is 2.33. The van der Waals surface area contributed by atoms with Gasteiger partial charge in [0, 0.05) is 26.3 Å². The molecule has 0 aromatic heterocycles. The highest BCUT2D eigenvalue weighted by Gasteiger charge is 2.22. The Morgan fingerprint density at radius 1 is 1.44 bits per heavy atom. The molecule has 1 aliphatic rings. The van der Waals surface area contributed by atoms with Crippen molar-refractivity contribution in [3.63, 3.8) is 0 Å². The molecule has 0 spiro atoms. The van der Waals surface area contributed by atoms with E-state index in [1.807, 2.05) is 0 Å². The van der Waals surface area contributed by atoms with E-state index in [9.17, 15) is 8.42 Å². The van der Waals surface area contributed by atoms with Crippen LogP contribution in [0.3, 0.4) is 0 Å². The van der Waals surface area contributed by atoms with Crippen molar-refractivity contribution in [2.24, 2.45) is 5.92 Å². The van der Waals surface area contributed by atoms with E-state index in [2.05, 4.69) is 17.0 Å². The Hall–Kier alpha value is -0.170. The van der Waals surface area contributed by atoms with E-state index in [1.54, 1.807) is 7.11 Å². The molecule has 0 aliphatic carbocycles. The van der Waals surface area contributed by atoms with Crippen LogP contribution in [-0.4, -0.2) is 47.0 Å². The van der Waals surface area contributed by atoms with Gasteiger partial charge >= 0.3 is 0 Å². The van der Waals surface area contributed by atoms with E-state index < -0.39 is 10.0 Å². The molecule has 0 amide bonds. The Morgan fingerprint density at radius 3 is 2.81 bits per heavy atom. The summed E-state index contributed by atoms with van der Waals surface area (Å²) < 4.78 is 31.0. The fourth-order valence-electron chi connectivity index (χ4n) is 1.95. The van der Waals surface area contributed by atoms with Crippen molar-refractivity contribution in [2.45, 2.75) is 25.8 Å². The maximum absolute atomic E-state index is 11.7. The van der Waals surface area contributed by atoms with Gasteiger partial charge in [-0.25, -0.2) is 13.1 Å². The molecule has 1 fully saturated rings. The average molecular weight is 250 g/mol. The van der Waals surface area contributed by atoms with E-state index in [-0.39, 0.29) is 11.8 Å². The fraction of sp³-hybridized carbons (Fsp3) is 1.00. The molecule has 1 rings (SSSR count). The van der Waals surface area contributed by atoms with Crippen molar-refractivity contribution in [2.75, 3.05) is 32.6 Å². The van der Waals surface area contributed by atoms with Gasteiger partial charge in [-0.05, 0) is 25.3 Å². The van der Waals surface area contributed by atoms with Crippen LogP contribution in [0.5, 0.6) is 0 Å². The lowest BCUT2D eigenvalue weighted by Gasteiger charge is -2.28. The Morgan fingerprint density at radius 2 is 2.19 bits per heavy atom. The van der Waals surface area contributed by atoms with Gasteiger partial charge < -0.3 is 10.1 Å². The van der Waals surface area contributed by atoms with Crippen LogP contribution in [0.1, 0.15) is 19.8 Å². The fourth-order valence-corrected chi connectivity index (χ4v) is 3.26. The number of hydrogen-bond donors (Lipinski definition) is 2. The Labute approximate surface area is 98.0 Å². The number of piperidine rings is 1. The lowest BCUT2D eigenvalue weighted by Crippen LogP contribution is -2.48. The highest BCUT2D eigenvalue weighted by atomic mass is 32.2. The molecule has 2 atom stereocenters. The van der Waals surface area contributed by atoms with Crippen molar-refractivity contribution >= 4 is 10.0 Å². The van der Waals surface area contributed by atoms with Gasteiger partial charge in [0.1, 0.15) is 0 Å². The summed E-state index contributed by atoms with van der Waals surface area (Å²) in [6.07, 6.45) is 1.46. The van der Waals surface area contributed by atoms with Crippen LogP contribution >= 0.6 is 0 Å². The van der Waals surface area contributed by atoms with Crippen LogP contribution in [-0.2, 0) is 14.8 Å². The standard InChI is InChI=1S/C10H22N2O3S/c1-9-6-10(8-11-7-9)12-16(13,14)5-3-4-15-2/h9-12H,3-8H2,1-2H3. The smallest absolute Gasteiger partial charge is 0.211 e. The summed E-state index contributed by atoms with van der Waals surface area (Å²) in [7, 11) is -1.57. The number of ether oxygens (including phenoxy) is 1. The minimum atomic E-state index is -3.15. The van der Waals surface area contributed by atoms with Crippen LogP contribution < -0.4 is 10.0 Å².